The van der Waals surface area contributed by atoms with Crippen LogP contribution >= 0.6 is 0 Å². The van der Waals surface area contributed by atoms with Crippen LogP contribution in [0.25, 0.3) is 0 Å². The minimum Gasteiger partial charge on any atom is -0.311 e. The van der Waals surface area contributed by atoms with Crippen molar-refractivity contribution in [2.24, 2.45) is 0 Å². The van der Waals surface area contributed by atoms with Gasteiger partial charge < -0.3 is 4.57 Å². The van der Waals surface area contributed by atoms with Crippen molar-refractivity contribution in [1.82, 2.24) is 29.5 Å². The van der Waals surface area contributed by atoms with E-state index >= 15 is 0 Å². The van der Waals surface area contributed by atoms with Gasteiger partial charge in [-0.05, 0) is 40.5 Å². The molecule has 2 rings (SSSR count). The molecule has 0 bridgehead atoms. The maximum atomic E-state index is 4.55. The average molecular weight is 347 g/mol. The molecule has 6 nitrogen and oxygen atoms in total. The highest BCUT2D eigenvalue weighted by atomic mass is 15.4. The number of nitrogens with zero attached hydrogens (tertiary/aromatic N) is 6. The number of hydrogen-bond donors (Lipinski definition) is 0. The molecule has 0 spiro atoms. The second-order valence-electron chi connectivity index (χ2n) is 9.59. The van der Waals surface area contributed by atoms with Crippen molar-refractivity contribution in [2.75, 3.05) is 0 Å². The molecule has 2 aromatic rings. The summed E-state index contributed by atoms with van der Waals surface area (Å²) in [5.41, 5.74) is -0.138. The lowest BCUT2D eigenvalue weighted by Gasteiger charge is -2.34. The lowest BCUT2D eigenvalue weighted by atomic mass is 9.81. The van der Waals surface area contributed by atoms with Gasteiger partial charge in [0.2, 0.25) is 0 Å². The van der Waals surface area contributed by atoms with Crippen LogP contribution in [0.4, 0.5) is 0 Å². The molecule has 0 unspecified atom stereocenters. The fourth-order valence-corrected chi connectivity index (χ4v) is 3.15. The predicted molar refractivity (Wildman–Crippen MR) is 101 cm³/mol. The first-order valence-corrected chi connectivity index (χ1v) is 9.17. The third-order valence-corrected chi connectivity index (χ3v) is 4.90. The van der Waals surface area contributed by atoms with E-state index in [-0.39, 0.29) is 16.4 Å². The van der Waals surface area contributed by atoms with Gasteiger partial charge in [-0.3, -0.25) is 0 Å². The molecular formula is C19H34N6. The van der Waals surface area contributed by atoms with E-state index in [1.807, 2.05) is 11.0 Å². The van der Waals surface area contributed by atoms with Crippen molar-refractivity contribution in [3.8, 4) is 0 Å². The molecule has 0 aliphatic rings. The van der Waals surface area contributed by atoms with E-state index in [4.69, 9.17) is 0 Å². The Morgan fingerprint density at radius 1 is 0.960 bits per heavy atom. The van der Waals surface area contributed by atoms with Gasteiger partial charge in [-0.2, -0.15) is 5.10 Å². The topological polar surface area (TPSA) is 61.4 Å². The minimum atomic E-state index is -0.0634. The lowest BCUT2D eigenvalue weighted by molar-refractivity contribution is 0.258. The maximum absolute atomic E-state index is 4.55. The van der Waals surface area contributed by atoms with Gasteiger partial charge in [0, 0.05) is 22.4 Å². The van der Waals surface area contributed by atoms with Gasteiger partial charge >= 0.3 is 0 Å². The molecule has 0 N–H and O–H groups in total. The molecular weight excluding hydrogens is 312 g/mol. The van der Waals surface area contributed by atoms with E-state index in [9.17, 15) is 0 Å². The van der Waals surface area contributed by atoms with E-state index in [0.717, 1.165) is 24.5 Å². The third-order valence-electron chi connectivity index (χ3n) is 4.90. The Morgan fingerprint density at radius 2 is 1.60 bits per heavy atom. The van der Waals surface area contributed by atoms with Crippen molar-refractivity contribution in [3.63, 3.8) is 0 Å². The van der Waals surface area contributed by atoms with E-state index < -0.39 is 0 Å². The Balaban J connectivity index is 2.22. The quantitative estimate of drug-likeness (QED) is 0.785. The molecule has 0 radical (unpaired) electrons. The van der Waals surface area contributed by atoms with Crippen LogP contribution in [-0.4, -0.2) is 29.5 Å². The summed E-state index contributed by atoms with van der Waals surface area (Å²) in [5.74, 6) is 2.08. The van der Waals surface area contributed by atoms with Crippen LogP contribution in [0.3, 0.4) is 0 Å². The van der Waals surface area contributed by atoms with Crippen LogP contribution in [0.2, 0.25) is 0 Å². The lowest BCUT2D eigenvalue weighted by Crippen LogP contribution is -2.34. The van der Waals surface area contributed by atoms with Gasteiger partial charge in [-0.15, -0.1) is 10.2 Å². The summed E-state index contributed by atoms with van der Waals surface area (Å²) in [6, 6.07) is 0.315. The summed E-state index contributed by atoms with van der Waals surface area (Å²) in [6.45, 7) is 19.8. The molecule has 6 heteroatoms. The first-order chi connectivity index (χ1) is 11.4. The highest BCUT2D eigenvalue weighted by Gasteiger charge is 2.33. The van der Waals surface area contributed by atoms with Crippen molar-refractivity contribution in [1.29, 1.82) is 0 Å². The molecule has 0 atom stereocenters. The third kappa shape index (κ3) is 4.10. The van der Waals surface area contributed by atoms with Crippen LogP contribution in [0, 0.1) is 0 Å². The molecule has 0 fully saturated rings. The zero-order chi connectivity index (χ0) is 19.0. The van der Waals surface area contributed by atoms with Gasteiger partial charge in [-0.1, -0.05) is 34.6 Å². The SMILES string of the molecule is CC(C)n1ncnc1C(C)(C)CCC(C)(C)n1cnnc1C(C)(C)C. The van der Waals surface area contributed by atoms with Crippen molar-refractivity contribution in [3.05, 3.63) is 24.3 Å². The Morgan fingerprint density at radius 3 is 2.16 bits per heavy atom. The Hall–Kier alpha value is -1.72. The van der Waals surface area contributed by atoms with Crippen LogP contribution < -0.4 is 0 Å². The largest absolute Gasteiger partial charge is 0.311 e. The molecule has 0 aliphatic carbocycles. The van der Waals surface area contributed by atoms with Gasteiger partial charge in [0.25, 0.3) is 0 Å². The molecule has 25 heavy (non-hydrogen) atoms. The maximum Gasteiger partial charge on any atom is 0.138 e. The van der Waals surface area contributed by atoms with Gasteiger partial charge in [-0.25, -0.2) is 9.67 Å². The molecule has 0 saturated heterocycles. The normalized spacial score (nSPS) is 13.7. The van der Waals surface area contributed by atoms with Crippen molar-refractivity contribution >= 4 is 0 Å². The van der Waals surface area contributed by atoms with Crippen molar-refractivity contribution < 1.29 is 0 Å². The molecule has 0 aromatic carbocycles. The summed E-state index contributed by atoms with van der Waals surface area (Å²) in [7, 11) is 0. The summed E-state index contributed by atoms with van der Waals surface area (Å²) in [6.07, 6.45) is 5.54. The highest BCUT2D eigenvalue weighted by Crippen LogP contribution is 2.35. The molecule has 0 saturated carbocycles. The Kier molecular flexibility index (Phi) is 5.13. The smallest absolute Gasteiger partial charge is 0.138 e. The second-order valence-corrected chi connectivity index (χ2v) is 9.59. The van der Waals surface area contributed by atoms with Gasteiger partial charge in [0.15, 0.2) is 0 Å². The summed E-state index contributed by atoms with van der Waals surface area (Å²) >= 11 is 0. The van der Waals surface area contributed by atoms with Crippen LogP contribution in [0.15, 0.2) is 12.7 Å². The highest BCUT2D eigenvalue weighted by molar-refractivity contribution is 5.07. The number of aromatic nitrogens is 6. The Bertz CT molecular complexity index is 700. The summed E-state index contributed by atoms with van der Waals surface area (Å²) in [5, 5.41) is 12.9. The zero-order valence-electron chi connectivity index (χ0n) is 17.3. The predicted octanol–water partition coefficient (Wildman–Crippen LogP) is 4.24. The van der Waals surface area contributed by atoms with E-state index in [0.29, 0.717) is 6.04 Å². The monoisotopic (exact) mass is 346 g/mol. The van der Waals surface area contributed by atoms with E-state index in [1.165, 1.54) is 0 Å². The minimum absolute atomic E-state index is 0.0267. The molecule has 2 aromatic heterocycles. The van der Waals surface area contributed by atoms with Gasteiger partial charge in [0.05, 0.1) is 0 Å². The first-order valence-electron chi connectivity index (χ1n) is 9.17. The molecule has 0 aliphatic heterocycles. The average Bonchev–Trinajstić information content (AvgIpc) is 3.13. The fourth-order valence-electron chi connectivity index (χ4n) is 3.15. The summed E-state index contributed by atoms with van der Waals surface area (Å²) in [4.78, 5) is 4.55. The fraction of sp³-hybridized carbons (Fsp3) is 0.789. The van der Waals surface area contributed by atoms with Crippen LogP contribution in [0.1, 0.15) is 92.8 Å². The van der Waals surface area contributed by atoms with E-state index in [1.54, 1.807) is 6.33 Å². The molecule has 140 valence electrons. The first kappa shape index (κ1) is 19.6. The van der Waals surface area contributed by atoms with Crippen LogP contribution in [-0.2, 0) is 16.4 Å². The number of hydrogen-bond acceptors (Lipinski definition) is 4. The molecule has 0 amide bonds. The second kappa shape index (κ2) is 6.54. The molecule has 2 heterocycles. The summed E-state index contributed by atoms with van der Waals surface area (Å²) < 4.78 is 4.27. The van der Waals surface area contributed by atoms with Gasteiger partial charge in [0.1, 0.15) is 24.3 Å². The van der Waals surface area contributed by atoms with Crippen LogP contribution in [0.5, 0.6) is 0 Å². The standard InChI is InChI=1S/C19H34N6/c1-14(2)25-16(20-12-22-25)18(6,7)10-11-19(8,9)24-13-21-23-15(24)17(3,4)5/h12-14H,10-11H2,1-9H3. The Labute approximate surface area is 152 Å². The van der Waals surface area contributed by atoms with Crippen molar-refractivity contribution in [2.45, 2.75) is 97.6 Å². The zero-order valence-corrected chi connectivity index (χ0v) is 17.3. The number of rotatable bonds is 6. The van der Waals surface area contributed by atoms with E-state index in [2.05, 4.69) is 87.2 Å².